The van der Waals surface area contributed by atoms with Gasteiger partial charge in [-0.05, 0) is 101 Å². The molecule has 2 aliphatic carbocycles. The summed E-state index contributed by atoms with van der Waals surface area (Å²) in [6.07, 6.45) is 9.17. The first-order valence-corrected chi connectivity index (χ1v) is 12.0. The Morgan fingerprint density at radius 3 is 2.45 bits per heavy atom. The number of hydrogen-bond donors (Lipinski definition) is 1. The fraction of sp³-hybridized carbons (Fsp3) is 0.600. The van der Waals surface area contributed by atoms with Crippen molar-refractivity contribution in [3.05, 3.63) is 41.1 Å². The van der Waals surface area contributed by atoms with Crippen molar-refractivity contribution in [3.8, 4) is 11.8 Å². The quantitative estimate of drug-likeness (QED) is 0.522. The summed E-state index contributed by atoms with van der Waals surface area (Å²) >= 11 is -1.14. The van der Waals surface area contributed by atoms with Gasteiger partial charge in [0.1, 0.15) is 4.75 Å². The highest BCUT2D eigenvalue weighted by Gasteiger charge is 2.28. The number of hydrogen-bond acceptors (Lipinski definition) is 3. The average Bonchev–Trinajstić information content (AvgIpc) is 3.52. The topological polar surface area (TPSA) is 44.3 Å². The molecule has 2 aliphatic rings. The van der Waals surface area contributed by atoms with E-state index in [9.17, 15) is 4.55 Å². The summed E-state index contributed by atoms with van der Waals surface area (Å²) in [5.41, 5.74) is 4.80. The second kappa shape index (κ2) is 9.60. The Morgan fingerprint density at radius 2 is 1.86 bits per heavy atom. The Labute approximate surface area is 180 Å². The van der Waals surface area contributed by atoms with Crippen LogP contribution in [0, 0.1) is 30.6 Å². The number of ether oxygens (including phenoxy) is 1. The second-order valence-corrected chi connectivity index (χ2v) is 11.4. The van der Waals surface area contributed by atoms with Crippen molar-refractivity contribution in [1.82, 2.24) is 4.72 Å². The van der Waals surface area contributed by atoms with Crippen molar-refractivity contribution < 1.29 is 9.29 Å². The molecule has 29 heavy (non-hydrogen) atoms. The van der Waals surface area contributed by atoms with Crippen LogP contribution in [-0.2, 0) is 16.1 Å². The zero-order valence-corrected chi connectivity index (χ0v) is 19.3. The predicted molar refractivity (Wildman–Crippen MR) is 123 cm³/mol. The van der Waals surface area contributed by atoms with E-state index in [0.717, 1.165) is 31.2 Å². The van der Waals surface area contributed by atoms with E-state index in [1.54, 1.807) is 0 Å². The van der Waals surface area contributed by atoms with Crippen LogP contribution < -0.4 is 4.72 Å². The van der Waals surface area contributed by atoms with Gasteiger partial charge in [0.15, 0.2) is 0 Å². The molecular formula is C25H35NO2S. The fourth-order valence-corrected chi connectivity index (χ4v) is 4.33. The number of nitrogens with one attached hydrogen (secondary N) is 1. The smallest absolute Gasteiger partial charge is 0.142 e. The minimum absolute atomic E-state index is 0.304. The maximum absolute atomic E-state index is 12.6. The van der Waals surface area contributed by atoms with E-state index in [4.69, 9.17) is 4.74 Å². The van der Waals surface area contributed by atoms with E-state index in [2.05, 4.69) is 41.7 Å². The van der Waals surface area contributed by atoms with Crippen molar-refractivity contribution in [1.29, 1.82) is 0 Å². The van der Waals surface area contributed by atoms with E-state index in [-0.39, 0.29) is 4.75 Å². The number of methoxy groups -OCH3 is 1. The van der Waals surface area contributed by atoms with E-state index in [1.807, 2.05) is 34.1 Å². The van der Waals surface area contributed by atoms with Crippen LogP contribution in [0.25, 0.3) is 5.57 Å². The Balaban J connectivity index is 1.90. The molecule has 0 aliphatic heterocycles. The van der Waals surface area contributed by atoms with Crippen molar-refractivity contribution in [2.24, 2.45) is 11.8 Å². The van der Waals surface area contributed by atoms with Crippen molar-refractivity contribution in [2.75, 3.05) is 7.11 Å². The molecule has 2 fully saturated rings. The lowest BCUT2D eigenvalue weighted by atomic mass is 9.79. The molecule has 0 amide bonds. The number of benzene rings is 1. The molecule has 2 saturated carbocycles. The number of rotatable bonds is 5. The number of allylic oxidation sites excluding steroid dienone is 1. The van der Waals surface area contributed by atoms with Crippen LogP contribution in [-0.4, -0.2) is 22.5 Å². The average molecular weight is 414 g/mol. The van der Waals surface area contributed by atoms with Gasteiger partial charge in [-0.2, -0.15) is 0 Å². The van der Waals surface area contributed by atoms with Gasteiger partial charge < -0.3 is 9.29 Å². The van der Waals surface area contributed by atoms with Crippen LogP contribution in [0.2, 0.25) is 0 Å². The maximum atomic E-state index is 12.6. The molecule has 1 unspecified atom stereocenters. The fourth-order valence-electron chi connectivity index (χ4n) is 3.74. The SMILES string of the molecule is COC1CCC(/C(=C/N[S+]([O-])C(C)(C)C)c2cc(C#CC3CC3)ccc2C)CC1. The molecule has 1 N–H and O–H groups in total. The van der Waals surface area contributed by atoms with Gasteiger partial charge in [-0.25, -0.2) is 4.72 Å². The van der Waals surface area contributed by atoms with Crippen LogP contribution in [0.15, 0.2) is 24.4 Å². The lowest BCUT2D eigenvalue weighted by Crippen LogP contribution is -2.37. The minimum atomic E-state index is -1.14. The highest BCUT2D eigenvalue weighted by molar-refractivity contribution is 7.90. The summed E-state index contributed by atoms with van der Waals surface area (Å²) in [5.74, 6) is 7.76. The molecule has 158 valence electrons. The Morgan fingerprint density at radius 1 is 1.17 bits per heavy atom. The summed E-state index contributed by atoms with van der Waals surface area (Å²) in [5, 5.41) is 0. The third kappa shape index (κ3) is 6.28. The Hall–Kier alpha value is -1.41. The van der Waals surface area contributed by atoms with Crippen LogP contribution in [0.3, 0.4) is 0 Å². The van der Waals surface area contributed by atoms with Crippen LogP contribution in [0.4, 0.5) is 0 Å². The summed E-state index contributed by atoms with van der Waals surface area (Å²) in [7, 11) is 1.81. The third-order valence-electron chi connectivity index (χ3n) is 5.87. The molecule has 1 aromatic rings. The van der Waals surface area contributed by atoms with Gasteiger partial charge in [0.05, 0.1) is 17.5 Å². The first-order valence-electron chi connectivity index (χ1n) is 10.8. The highest BCUT2D eigenvalue weighted by atomic mass is 32.2. The molecule has 0 radical (unpaired) electrons. The van der Waals surface area contributed by atoms with Crippen molar-refractivity contribution in [2.45, 2.75) is 77.1 Å². The first-order chi connectivity index (χ1) is 13.8. The molecule has 0 aromatic heterocycles. The van der Waals surface area contributed by atoms with Crippen LogP contribution in [0.1, 0.15) is 76.0 Å². The van der Waals surface area contributed by atoms with Crippen molar-refractivity contribution >= 4 is 16.9 Å². The van der Waals surface area contributed by atoms with Gasteiger partial charge in [-0.3, -0.25) is 0 Å². The van der Waals surface area contributed by atoms with Gasteiger partial charge in [-0.1, -0.05) is 17.9 Å². The Kier molecular flexibility index (Phi) is 7.37. The molecule has 3 nitrogen and oxygen atoms in total. The third-order valence-corrected chi connectivity index (χ3v) is 7.32. The normalized spacial score (nSPS) is 23.9. The number of aryl methyl sites for hydroxylation is 1. The molecule has 1 atom stereocenters. The van der Waals surface area contributed by atoms with Gasteiger partial charge >= 0.3 is 0 Å². The summed E-state index contributed by atoms with van der Waals surface area (Å²) < 4.78 is 21.1. The molecule has 1 aromatic carbocycles. The predicted octanol–water partition coefficient (Wildman–Crippen LogP) is 5.35. The summed E-state index contributed by atoms with van der Waals surface area (Å²) in [6.45, 7) is 8.13. The molecule has 0 saturated heterocycles. The molecular weight excluding hydrogens is 378 g/mol. The first kappa shape index (κ1) is 22.3. The lowest BCUT2D eigenvalue weighted by Gasteiger charge is -2.31. The summed E-state index contributed by atoms with van der Waals surface area (Å²) in [4.78, 5) is 0. The van der Waals surface area contributed by atoms with Crippen LogP contribution >= 0.6 is 0 Å². The summed E-state index contributed by atoms with van der Waals surface area (Å²) in [6, 6.07) is 6.51. The lowest BCUT2D eigenvalue weighted by molar-refractivity contribution is 0.0637. The zero-order chi connectivity index (χ0) is 21.0. The molecule has 3 rings (SSSR count). The van der Waals surface area contributed by atoms with E-state index in [1.165, 1.54) is 29.5 Å². The van der Waals surface area contributed by atoms with Gasteiger partial charge in [-0.15, -0.1) is 0 Å². The van der Waals surface area contributed by atoms with Gasteiger partial charge in [0.2, 0.25) is 0 Å². The molecule has 4 heteroatoms. The highest BCUT2D eigenvalue weighted by Crippen LogP contribution is 2.37. The second-order valence-electron chi connectivity index (χ2n) is 9.38. The van der Waals surface area contributed by atoms with Crippen LogP contribution in [0.5, 0.6) is 0 Å². The monoisotopic (exact) mass is 413 g/mol. The largest absolute Gasteiger partial charge is 0.593 e. The molecule has 0 bridgehead atoms. The molecule has 0 spiro atoms. The van der Waals surface area contributed by atoms with E-state index >= 15 is 0 Å². The minimum Gasteiger partial charge on any atom is -0.593 e. The maximum Gasteiger partial charge on any atom is 0.142 e. The van der Waals surface area contributed by atoms with Gasteiger partial charge in [0, 0.05) is 24.8 Å². The molecule has 0 heterocycles. The van der Waals surface area contributed by atoms with E-state index in [0.29, 0.717) is 17.9 Å². The van der Waals surface area contributed by atoms with Gasteiger partial charge in [0.25, 0.3) is 0 Å². The van der Waals surface area contributed by atoms with Crippen molar-refractivity contribution in [3.63, 3.8) is 0 Å². The Bertz CT molecular complexity index is 787. The zero-order valence-electron chi connectivity index (χ0n) is 18.5. The standard InChI is InChI=1S/C25H35NO2S/c1-18-6-7-20(11-10-19-8-9-19)16-23(18)24(17-26-29(27)25(2,3)4)21-12-14-22(28-5)15-13-21/h6-7,16-17,19,21-22,26H,8-9,12-15H2,1-5H3/b24-17-. The van der Waals surface area contributed by atoms with E-state index < -0.39 is 11.4 Å².